The Morgan fingerprint density at radius 3 is 1.30 bits per heavy atom. The molecule has 0 fully saturated rings. The number of hydrogen-bond acceptors (Lipinski definition) is 1. The highest BCUT2D eigenvalue weighted by Crippen LogP contribution is 2.25. The van der Waals surface area contributed by atoms with Crippen molar-refractivity contribution < 1.29 is 0 Å². The standard InChI is InChI=1S/C42H71N/c1-4-7-10-13-16-19-22-25-29-38-30-28-33-41(36-38)43-42-35-34-39(31-26-23-20-17-14-11-8-5-2)40(37-42)32-27-24-21-18-15-12-9-6-3/h28,30,33-37,43H,4-27,29,31-32H2,1-3H3. The van der Waals surface area contributed by atoms with Gasteiger partial charge < -0.3 is 5.32 Å². The van der Waals surface area contributed by atoms with E-state index in [0.29, 0.717) is 0 Å². The quantitative estimate of drug-likeness (QED) is 0.0931. The molecule has 0 amide bonds. The Hall–Kier alpha value is -1.76. The van der Waals surface area contributed by atoms with Crippen LogP contribution >= 0.6 is 0 Å². The summed E-state index contributed by atoms with van der Waals surface area (Å²) in [7, 11) is 0. The van der Waals surface area contributed by atoms with E-state index >= 15 is 0 Å². The molecule has 0 unspecified atom stereocenters. The maximum absolute atomic E-state index is 3.77. The summed E-state index contributed by atoms with van der Waals surface area (Å²) >= 11 is 0. The lowest BCUT2D eigenvalue weighted by molar-refractivity contribution is 0.570. The van der Waals surface area contributed by atoms with Crippen molar-refractivity contribution >= 4 is 11.4 Å². The smallest absolute Gasteiger partial charge is 0.0387 e. The van der Waals surface area contributed by atoms with Crippen LogP contribution in [0.15, 0.2) is 42.5 Å². The van der Waals surface area contributed by atoms with Crippen LogP contribution in [0.2, 0.25) is 0 Å². The number of anilines is 2. The second kappa shape index (κ2) is 26.6. The molecule has 0 heterocycles. The number of unbranched alkanes of at least 4 members (excludes halogenated alkanes) is 21. The molecule has 2 rings (SSSR count). The van der Waals surface area contributed by atoms with E-state index in [1.54, 1.807) is 11.1 Å². The zero-order valence-electron chi connectivity index (χ0n) is 29.1. The maximum Gasteiger partial charge on any atom is 0.0387 e. The molecule has 0 atom stereocenters. The summed E-state index contributed by atoms with van der Waals surface area (Å²) in [6.07, 6.45) is 37.1. The van der Waals surface area contributed by atoms with Crippen molar-refractivity contribution in [2.75, 3.05) is 5.32 Å². The van der Waals surface area contributed by atoms with Crippen molar-refractivity contribution in [3.05, 3.63) is 59.2 Å². The zero-order valence-corrected chi connectivity index (χ0v) is 29.1. The van der Waals surface area contributed by atoms with Crippen LogP contribution in [0.25, 0.3) is 0 Å². The van der Waals surface area contributed by atoms with Crippen LogP contribution in [0.4, 0.5) is 11.4 Å². The monoisotopic (exact) mass is 590 g/mol. The van der Waals surface area contributed by atoms with Gasteiger partial charge in [-0.1, -0.05) is 174 Å². The van der Waals surface area contributed by atoms with Crippen LogP contribution in [0.3, 0.4) is 0 Å². The fourth-order valence-electron chi connectivity index (χ4n) is 6.51. The first-order valence-corrected chi connectivity index (χ1v) is 19.2. The lowest BCUT2D eigenvalue weighted by atomic mass is 9.95. The van der Waals surface area contributed by atoms with E-state index in [9.17, 15) is 0 Å². The van der Waals surface area contributed by atoms with E-state index in [1.807, 2.05) is 0 Å². The Labute approximate surface area is 269 Å². The van der Waals surface area contributed by atoms with Crippen molar-refractivity contribution in [1.82, 2.24) is 0 Å². The predicted molar refractivity (Wildman–Crippen MR) is 195 cm³/mol. The molecule has 0 spiro atoms. The molecule has 0 aliphatic carbocycles. The highest BCUT2D eigenvalue weighted by molar-refractivity contribution is 5.61. The van der Waals surface area contributed by atoms with E-state index in [2.05, 4.69) is 68.6 Å². The predicted octanol–water partition coefficient (Wildman–Crippen LogP) is 14.5. The van der Waals surface area contributed by atoms with E-state index in [4.69, 9.17) is 0 Å². The first-order valence-electron chi connectivity index (χ1n) is 19.2. The number of hydrogen-bond donors (Lipinski definition) is 1. The molecule has 2 aromatic rings. The zero-order chi connectivity index (χ0) is 30.6. The average molecular weight is 590 g/mol. The van der Waals surface area contributed by atoms with Crippen LogP contribution in [0.1, 0.15) is 192 Å². The van der Waals surface area contributed by atoms with Crippen molar-refractivity contribution in [2.45, 2.75) is 194 Å². The highest BCUT2D eigenvalue weighted by Gasteiger charge is 2.07. The van der Waals surface area contributed by atoms with Gasteiger partial charge in [0.25, 0.3) is 0 Å². The largest absolute Gasteiger partial charge is 0.356 e. The summed E-state index contributed by atoms with van der Waals surface area (Å²) in [4.78, 5) is 0. The Morgan fingerprint density at radius 2 is 0.791 bits per heavy atom. The minimum atomic E-state index is 1.20. The third-order valence-electron chi connectivity index (χ3n) is 9.34. The van der Waals surface area contributed by atoms with Crippen LogP contribution in [-0.2, 0) is 19.3 Å². The molecule has 43 heavy (non-hydrogen) atoms. The molecule has 0 aliphatic heterocycles. The summed E-state index contributed by atoms with van der Waals surface area (Å²) in [5.41, 5.74) is 7.17. The second-order valence-electron chi connectivity index (χ2n) is 13.5. The highest BCUT2D eigenvalue weighted by atomic mass is 14.9. The fraction of sp³-hybridized carbons (Fsp3) is 0.714. The van der Waals surface area contributed by atoms with Gasteiger partial charge in [-0.2, -0.15) is 0 Å². The van der Waals surface area contributed by atoms with Gasteiger partial charge in [-0.25, -0.2) is 0 Å². The van der Waals surface area contributed by atoms with Crippen LogP contribution < -0.4 is 5.32 Å². The average Bonchev–Trinajstić information content (AvgIpc) is 3.02. The first-order chi connectivity index (χ1) is 21.3. The topological polar surface area (TPSA) is 12.0 Å². The third-order valence-corrected chi connectivity index (χ3v) is 9.34. The van der Waals surface area contributed by atoms with Crippen LogP contribution in [0.5, 0.6) is 0 Å². The minimum absolute atomic E-state index is 1.20. The van der Waals surface area contributed by atoms with E-state index < -0.39 is 0 Å². The van der Waals surface area contributed by atoms with Crippen molar-refractivity contribution in [2.24, 2.45) is 0 Å². The van der Waals surface area contributed by atoms with Gasteiger partial charge >= 0.3 is 0 Å². The first kappa shape index (κ1) is 37.4. The lowest BCUT2D eigenvalue weighted by Gasteiger charge is -2.14. The summed E-state index contributed by atoms with van der Waals surface area (Å²) in [5, 5.41) is 3.77. The molecule has 0 aliphatic rings. The summed E-state index contributed by atoms with van der Waals surface area (Å²) < 4.78 is 0. The normalized spacial score (nSPS) is 11.3. The van der Waals surface area contributed by atoms with Gasteiger partial charge in [0.1, 0.15) is 0 Å². The number of benzene rings is 2. The van der Waals surface area contributed by atoms with Crippen LogP contribution in [0, 0.1) is 0 Å². The molecular formula is C42H71N. The molecule has 1 heteroatoms. The lowest BCUT2D eigenvalue weighted by Crippen LogP contribution is -1.99. The van der Waals surface area contributed by atoms with Gasteiger partial charge in [0, 0.05) is 11.4 Å². The van der Waals surface area contributed by atoms with Gasteiger partial charge in [-0.3, -0.25) is 0 Å². The fourth-order valence-corrected chi connectivity index (χ4v) is 6.51. The van der Waals surface area contributed by atoms with Crippen LogP contribution in [-0.4, -0.2) is 0 Å². The van der Waals surface area contributed by atoms with Crippen molar-refractivity contribution in [3.8, 4) is 0 Å². The number of aryl methyl sites for hydroxylation is 3. The summed E-state index contributed by atoms with van der Waals surface area (Å²) in [6.45, 7) is 6.92. The van der Waals surface area contributed by atoms with Crippen molar-refractivity contribution in [1.29, 1.82) is 0 Å². The number of nitrogens with one attached hydrogen (secondary N) is 1. The number of rotatable bonds is 29. The van der Waals surface area contributed by atoms with E-state index in [0.717, 1.165) is 0 Å². The Morgan fingerprint density at radius 1 is 0.372 bits per heavy atom. The summed E-state index contributed by atoms with van der Waals surface area (Å²) in [5.74, 6) is 0. The van der Waals surface area contributed by atoms with Gasteiger partial charge in [0.05, 0.1) is 0 Å². The second-order valence-corrected chi connectivity index (χ2v) is 13.5. The van der Waals surface area contributed by atoms with Gasteiger partial charge in [0.15, 0.2) is 0 Å². The van der Waals surface area contributed by atoms with E-state index in [1.165, 1.54) is 190 Å². The van der Waals surface area contributed by atoms with E-state index in [-0.39, 0.29) is 0 Å². The molecule has 1 N–H and O–H groups in total. The molecule has 1 nitrogen and oxygen atoms in total. The maximum atomic E-state index is 3.77. The molecule has 0 saturated heterocycles. The van der Waals surface area contributed by atoms with Gasteiger partial charge in [-0.05, 0) is 79.5 Å². The Kier molecular flexibility index (Phi) is 23.2. The SMILES string of the molecule is CCCCCCCCCCc1cccc(Nc2ccc(CCCCCCCCCC)c(CCCCCCCCCC)c2)c1. The minimum Gasteiger partial charge on any atom is -0.356 e. The molecule has 0 bridgehead atoms. The third kappa shape index (κ3) is 19.3. The van der Waals surface area contributed by atoms with Gasteiger partial charge in [0.2, 0.25) is 0 Å². The Balaban J connectivity index is 1.86. The van der Waals surface area contributed by atoms with Crippen molar-refractivity contribution in [3.63, 3.8) is 0 Å². The Bertz CT molecular complexity index is 900. The molecule has 0 aromatic heterocycles. The van der Waals surface area contributed by atoms with Gasteiger partial charge in [-0.15, -0.1) is 0 Å². The molecule has 0 saturated carbocycles. The molecule has 244 valence electrons. The molecule has 0 radical (unpaired) electrons. The molecular weight excluding hydrogens is 518 g/mol. The summed E-state index contributed by atoms with van der Waals surface area (Å²) in [6, 6.07) is 16.4. The molecule has 2 aromatic carbocycles.